The third-order valence-corrected chi connectivity index (χ3v) is 1.86. The van der Waals surface area contributed by atoms with E-state index < -0.39 is 6.03 Å². The molecule has 1 aromatic rings. The van der Waals surface area contributed by atoms with E-state index in [2.05, 4.69) is 10.7 Å². The summed E-state index contributed by atoms with van der Waals surface area (Å²) in [5, 5.41) is 2.56. The number of hydrogen-bond donors (Lipinski definition) is 3. The number of carbonyl (C=O) groups excluding carboxylic acids is 2. The molecule has 86 valence electrons. The molecule has 0 saturated heterocycles. The van der Waals surface area contributed by atoms with Gasteiger partial charge in [-0.15, -0.1) is 0 Å². The summed E-state index contributed by atoms with van der Waals surface area (Å²) < 4.78 is 5.00. The van der Waals surface area contributed by atoms with Gasteiger partial charge in [0, 0.05) is 6.54 Å². The van der Waals surface area contributed by atoms with Gasteiger partial charge in [-0.25, -0.2) is 10.2 Å². The molecule has 0 unspecified atom stereocenters. The first-order valence-electron chi connectivity index (χ1n) is 4.62. The number of nitrogens with one attached hydrogen (secondary N) is 3. The first-order valence-corrected chi connectivity index (χ1v) is 4.62. The Morgan fingerprint density at radius 2 is 2.06 bits per heavy atom. The molecule has 0 fully saturated rings. The van der Waals surface area contributed by atoms with Gasteiger partial charge in [0.15, 0.2) is 0 Å². The van der Waals surface area contributed by atoms with Gasteiger partial charge in [0.05, 0.1) is 7.11 Å². The number of hydrazine groups is 1. The van der Waals surface area contributed by atoms with Gasteiger partial charge in [-0.3, -0.25) is 10.2 Å². The number of urea groups is 1. The molecule has 0 aliphatic heterocycles. The van der Waals surface area contributed by atoms with Crippen LogP contribution in [0.3, 0.4) is 0 Å². The highest BCUT2D eigenvalue weighted by Gasteiger charge is 1.99. The Bertz CT molecular complexity index is 351. The molecule has 0 radical (unpaired) electrons. The van der Waals surface area contributed by atoms with E-state index in [1.807, 2.05) is 17.6 Å². The lowest BCUT2D eigenvalue weighted by molar-refractivity contribution is -0.110. The molecular weight excluding hydrogens is 210 g/mol. The minimum absolute atomic E-state index is 0.371. The molecule has 0 saturated carbocycles. The molecule has 0 aliphatic rings. The predicted molar refractivity (Wildman–Crippen MR) is 57.6 cm³/mol. The second kappa shape index (κ2) is 6.28. The van der Waals surface area contributed by atoms with Crippen LogP contribution in [0.4, 0.5) is 4.79 Å². The van der Waals surface area contributed by atoms with Gasteiger partial charge in [-0.05, 0) is 17.7 Å². The fourth-order valence-electron chi connectivity index (χ4n) is 1.06. The van der Waals surface area contributed by atoms with Crippen LogP contribution in [-0.4, -0.2) is 19.6 Å². The summed E-state index contributed by atoms with van der Waals surface area (Å²) in [6, 6.07) is 6.82. The molecular formula is C10H13N3O3. The number of benzene rings is 1. The van der Waals surface area contributed by atoms with Crippen LogP contribution >= 0.6 is 0 Å². The zero-order valence-electron chi connectivity index (χ0n) is 8.82. The first kappa shape index (κ1) is 11.8. The van der Waals surface area contributed by atoms with Crippen molar-refractivity contribution in [3.05, 3.63) is 29.8 Å². The topological polar surface area (TPSA) is 79.5 Å². The maximum absolute atomic E-state index is 11.0. The monoisotopic (exact) mass is 223 g/mol. The molecule has 3 amide bonds. The van der Waals surface area contributed by atoms with Crippen molar-refractivity contribution < 1.29 is 14.3 Å². The zero-order chi connectivity index (χ0) is 11.8. The maximum Gasteiger partial charge on any atom is 0.333 e. The van der Waals surface area contributed by atoms with Crippen molar-refractivity contribution in [2.24, 2.45) is 0 Å². The van der Waals surface area contributed by atoms with E-state index in [0.717, 1.165) is 11.3 Å². The highest BCUT2D eigenvalue weighted by atomic mass is 16.5. The van der Waals surface area contributed by atoms with E-state index >= 15 is 0 Å². The summed E-state index contributed by atoms with van der Waals surface area (Å²) in [5.41, 5.74) is 5.10. The highest BCUT2D eigenvalue weighted by molar-refractivity contribution is 5.74. The molecule has 0 heterocycles. The van der Waals surface area contributed by atoms with Crippen LogP contribution in [-0.2, 0) is 11.3 Å². The molecule has 1 rings (SSSR count). The third-order valence-electron chi connectivity index (χ3n) is 1.86. The highest BCUT2D eigenvalue weighted by Crippen LogP contribution is 2.10. The molecule has 0 atom stereocenters. The lowest BCUT2D eigenvalue weighted by Gasteiger charge is -2.06. The Labute approximate surface area is 92.9 Å². The van der Waals surface area contributed by atoms with Crippen LogP contribution in [0, 0.1) is 0 Å². The van der Waals surface area contributed by atoms with Gasteiger partial charge in [-0.2, -0.15) is 0 Å². The van der Waals surface area contributed by atoms with Gasteiger partial charge in [0.25, 0.3) is 0 Å². The number of methoxy groups -OCH3 is 1. The number of amides is 3. The first-order chi connectivity index (χ1) is 7.76. The van der Waals surface area contributed by atoms with E-state index in [4.69, 9.17) is 4.74 Å². The number of rotatable bonds is 5. The zero-order valence-corrected chi connectivity index (χ0v) is 8.82. The van der Waals surface area contributed by atoms with E-state index in [-0.39, 0.29) is 0 Å². The summed E-state index contributed by atoms with van der Waals surface area (Å²) in [5.74, 6) is 0.760. The minimum atomic E-state index is -0.470. The van der Waals surface area contributed by atoms with Crippen molar-refractivity contribution >= 4 is 12.4 Å². The Balaban J connectivity index is 2.36. The van der Waals surface area contributed by atoms with E-state index in [9.17, 15) is 9.59 Å². The SMILES string of the molecule is COc1ccc(CNC(=O)NNC=O)cc1. The van der Waals surface area contributed by atoms with Gasteiger partial charge in [0.2, 0.25) is 6.41 Å². The third kappa shape index (κ3) is 3.87. The average molecular weight is 223 g/mol. The second-order valence-electron chi connectivity index (χ2n) is 2.92. The molecule has 6 nitrogen and oxygen atoms in total. The smallest absolute Gasteiger partial charge is 0.333 e. The van der Waals surface area contributed by atoms with Crippen LogP contribution in [0.2, 0.25) is 0 Å². The van der Waals surface area contributed by atoms with Crippen LogP contribution in [0.1, 0.15) is 5.56 Å². The molecule has 1 aromatic carbocycles. The fourth-order valence-corrected chi connectivity index (χ4v) is 1.06. The van der Waals surface area contributed by atoms with Crippen molar-refractivity contribution in [2.75, 3.05) is 7.11 Å². The second-order valence-corrected chi connectivity index (χ2v) is 2.92. The fraction of sp³-hybridized carbons (Fsp3) is 0.200. The molecule has 0 aromatic heterocycles. The average Bonchev–Trinajstić information content (AvgIpc) is 2.34. The lowest BCUT2D eigenvalue weighted by atomic mass is 10.2. The Morgan fingerprint density at radius 3 is 2.62 bits per heavy atom. The standard InChI is InChI=1S/C10H13N3O3/c1-16-9-4-2-8(3-5-9)6-11-10(15)13-12-7-14/h2-5,7H,6H2,1H3,(H,12,14)(H2,11,13,15). The maximum atomic E-state index is 11.0. The van der Waals surface area contributed by atoms with Crippen molar-refractivity contribution in [2.45, 2.75) is 6.54 Å². The normalized spacial score (nSPS) is 9.06. The van der Waals surface area contributed by atoms with Gasteiger partial charge in [0.1, 0.15) is 5.75 Å². The summed E-state index contributed by atoms with van der Waals surface area (Å²) in [6.45, 7) is 0.371. The molecule has 16 heavy (non-hydrogen) atoms. The summed E-state index contributed by atoms with van der Waals surface area (Å²) in [4.78, 5) is 20.9. The number of carbonyl (C=O) groups is 2. The van der Waals surface area contributed by atoms with Gasteiger partial charge < -0.3 is 10.1 Å². The van der Waals surface area contributed by atoms with Gasteiger partial charge in [-0.1, -0.05) is 12.1 Å². The summed E-state index contributed by atoms with van der Waals surface area (Å²) in [7, 11) is 1.59. The molecule has 0 bridgehead atoms. The van der Waals surface area contributed by atoms with E-state index in [1.54, 1.807) is 19.2 Å². The molecule has 0 spiro atoms. The van der Waals surface area contributed by atoms with Crippen molar-refractivity contribution in [3.63, 3.8) is 0 Å². The Morgan fingerprint density at radius 1 is 1.38 bits per heavy atom. The Kier molecular flexibility index (Phi) is 4.65. The van der Waals surface area contributed by atoms with Crippen molar-refractivity contribution in [1.82, 2.24) is 16.2 Å². The number of hydrogen-bond acceptors (Lipinski definition) is 3. The summed E-state index contributed by atoms with van der Waals surface area (Å²) >= 11 is 0. The molecule has 0 aliphatic carbocycles. The molecule has 3 N–H and O–H groups in total. The van der Waals surface area contributed by atoms with E-state index in [1.165, 1.54) is 0 Å². The minimum Gasteiger partial charge on any atom is -0.497 e. The van der Waals surface area contributed by atoms with Gasteiger partial charge >= 0.3 is 6.03 Å². The van der Waals surface area contributed by atoms with Crippen molar-refractivity contribution in [3.8, 4) is 5.75 Å². The van der Waals surface area contributed by atoms with Crippen LogP contribution in [0.25, 0.3) is 0 Å². The lowest BCUT2D eigenvalue weighted by Crippen LogP contribution is -2.43. The van der Waals surface area contributed by atoms with Crippen LogP contribution < -0.4 is 20.9 Å². The quantitative estimate of drug-likeness (QED) is 0.491. The Hall–Kier alpha value is -2.24. The van der Waals surface area contributed by atoms with E-state index in [0.29, 0.717) is 13.0 Å². The van der Waals surface area contributed by atoms with Crippen LogP contribution in [0.15, 0.2) is 24.3 Å². The largest absolute Gasteiger partial charge is 0.497 e. The van der Waals surface area contributed by atoms with Crippen molar-refractivity contribution in [1.29, 1.82) is 0 Å². The summed E-state index contributed by atoms with van der Waals surface area (Å²) in [6.07, 6.45) is 0.382. The van der Waals surface area contributed by atoms with Crippen LogP contribution in [0.5, 0.6) is 5.75 Å². The predicted octanol–water partition coefficient (Wildman–Crippen LogP) is 0.155. The molecule has 6 heteroatoms. The number of ether oxygens (including phenoxy) is 1.